The van der Waals surface area contributed by atoms with Crippen molar-refractivity contribution < 1.29 is 4.79 Å². The molecule has 1 aliphatic rings. The molecule has 3 rings (SSSR count). The molecule has 1 heteroatoms. The van der Waals surface area contributed by atoms with Gasteiger partial charge in [0.05, 0.1) is 0 Å². The molecule has 1 aliphatic carbocycles. The number of hydrogen-bond donors (Lipinski definition) is 0. The van der Waals surface area contributed by atoms with E-state index in [1.54, 1.807) is 0 Å². The van der Waals surface area contributed by atoms with Crippen molar-refractivity contribution in [2.45, 2.75) is 33.1 Å². The number of rotatable bonds is 5. The molecule has 0 amide bonds. The predicted octanol–water partition coefficient (Wildman–Crippen LogP) is 5.47. The van der Waals surface area contributed by atoms with Crippen LogP contribution in [0.15, 0.2) is 72.3 Å². The van der Waals surface area contributed by atoms with Crippen molar-refractivity contribution in [1.82, 2.24) is 0 Å². The summed E-state index contributed by atoms with van der Waals surface area (Å²) in [5.74, 6) is 0.616. The summed E-state index contributed by atoms with van der Waals surface area (Å²) in [5, 5.41) is 0. The van der Waals surface area contributed by atoms with E-state index in [9.17, 15) is 4.79 Å². The molecule has 118 valence electrons. The maximum absolute atomic E-state index is 12.6. The van der Waals surface area contributed by atoms with E-state index in [0.29, 0.717) is 12.3 Å². The van der Waals surface area contributed by atoms with Crippen molar-refractivity contribution in [1.29, 1.82) is 0 Å². The summed E-state index contributed by atoms with van der Waals surface area (Å²) in [6.45, 7) is 4.54. The van der Waals surface area contributed by atoms with Crippen LogP contribution in [-0.4, -0.2) is 5.78 Å². The molecule has 23 heavy (non-hydrogen) atoms. The fraction of sp³-hybridized carbons (Fsp3) is 0.318. The zero-order valence-electron chi connectivity index (χ0n) is 14.0. The van der Waals surface area contributed by atoms with E-state index < -0.39 is 0 Å². The second kappa shape index (κ2) is 6.54. The molecule has 0 saturated carbocycles. The molecule has 2 aromatic rings. The van der Waals surface area contributed by atoms with Gasteiger partial charge in [0.2, 0.25) is 0 Å². The van der Waals surface area contributed by atoms with Gasteiger partial charge in [-0.1, -0.05) is 86.2 Å². The minimum absolute atomic E-state index is 0.186. The smallest absolute Gasteiger partial charge is 0.163 e. The van der Waals surface area contributed by atoms with Crippen molar-refractivity contribution in [2.75, 3.05) is 0 Å². The Hall–Kier alpha value is -2.15. The number of ketones is 1. The summed E-state index contributed by atoms with van der Waals surface area (Å²) >= 11 is 0. The molecular weight excluding hydrogens is 280 g/mol. The Morgan fingerprint density at radius 3 is 2.26 bits per heavy atom. The summed E-state index contributed by atoms with van der Waals surface area (Å²) in [6.07, 6.45) is 5.03. The predicted molar refractivity (Wildman–Crippen MR) is 95.5 cm³/mol. The van der Waals surface area contributed by atoms with Gasteiger partial charge < -0.3 is 0 Å². The Morgan fingerprint density at radius 2 is 1.61 bits per heavy atom. The summed E-state index contributed by atoms with van der Waals surface area (Å²) in [7, 11) is 0. The summed E-state index contributed by atoms with van der Waals surface area (Å²) in [5.41, 5.74) is 3.77. The SMILES string of the molecule is CC1(C)C=C(Cc2ccccc2)C(CC(=O)c2ccccc2)C1. The Labute approximate surface area is 139 Å². The van der Waals surface area contributed by atoms with Gasteiger partial charge in [0, 0.05) is 12.0 Å². The average Bonchev–Trinajstić information content (AvgIpc) is 2.82. The lowest BCUT2D eigenvalue weighted by Crippen LogP contribution is -2.12. The van der Waals surface area contributed by atoms with Gasteiger partial charge >= 0.3 is 0 Å². The van der Waals surface area contributed by atoms with E-state index in [0.717, 1.165) is 18.4 Å². The van der Waals surface area contributed by atoms with Crippen LogP contribution in [0.3, 0.4) is 0 Å². The number of hydrogen-bond acceptors (Lipinski definition) is 1. The second-order valence-corrected chi connectivity index (χ2v) is 7.26. The highest BCUT2D eigenvalue weighted by molar-refractivity contribution is 5.96. The van der Waals surface area contributed by atoms with Gasteiger partial charge in [0.1, 0.15) is 0 Å². The summed E-state index contributed by atoms with van der Waals surface area (Å²) < 4.78 is 0. The molecule has 2 aromatic carbocycles. The number of allylic oxidation sites excluding steroid dienone is 2. The molecule has 0 fully saturated rings. The van der Waals surface area contributed by atoms with Gasteiger partial charge in [0.15, 0.2) is 5.78 Å². The highest BCUT2D eigenvalue weighted by Crippen LogP contribution is 2.42. The Balaban J connectivity index is 1.75. The number of Topliss-reactive ketones (excluding diaryl/α,β-unsaturated/α-hetero) is 1. The Kier molecular flexibility index (Phi) is 4.47. The number of carbonyl (C=O) groups is 1. The fourth-order valence-electron chi connectivity index (χ4n) is 3.64. The molecule has 0 spiro atoms. The molecule has 0 aliphatic heterocycles. The third-order valence-electron chi connectivity index (χ3n) is 4.65. The highest BCUT2D eigenvalue weighted by Gasteiger charge is 2.32. The zero-order chi connectivity index (χ0) is 16.3. The van der Waals surface area contributed by atoms with Gasteiger partial charge in [-0.2, -0.15) is 0 Å². The fourth-order valence-corrected chi connectivity index (χ4v) is 3.64. The normalized spacial score (nSPS) is 19.4. The van der Waals surface area contributed by atoms with Crippen LogP contribution in [0, 0.1) is 11.3 Å². The van der Waals surface area contributed by atoms with E-state index in [-0.39, 0.29) is 11.2 Å². The first kappa shape index (κ1) is 15.7. The summed E-state index contributed by atoms with van der Waals surface area (Å²) in [4.78, 5) is 12.6. The van der Waals surface area contributed by atoms with Crippen molar-refractivity contribution in [3.8, 4) is 0 Å². The standard InChI is InChI=1S/C22H24O/c1-22(2)15-19(13-17-9-5-3-6-10-17)20(16-22)14-21(23)18-11-7-4-8-12-18/h3-12,15,20H,13-14,16H2,1-2H3. The first-order chi connectivity index (χ1) is 11.0. The molecule has 0 bridgehead atoms. The van der Waals surface area contributed by atoms with Crippen LogP contribution < -0.4 is 0 Å². The Bertz CT molecular complexity index is 695. The second-order valence-electron chi connectivity index (χ2n) is 7.26. The van der Waals surface area contributed by atoms with E-state index in [1.807, 2.05) is 36.4 Å². The van der Waals surface area contributed by atoms with E-state index in [2.05, 4.69) is 44.2 Å². The number of carbonyl (C=O) groups excluding carboxylic acids is 1. The Morgan fingerprint density at radius 1 is 1.00 bits per heavy atom. The quantitative estimate of drug-likeness (QED) is 0.528. The van der Waals surface area contributed by atoms with Crippen molar-refractivity contribution in [2.24, 2.45) is 11.3 Å². The van der Waals surface area contributed by atoms with Crippen molar-refractivity contribution in [3.63, 3.8) is 0 Å². The van der Waals surface area contributed by atoms with Crippen LogP contribution in [0.5, 0.6) is 0 Å². The van der Waals surface area contributed by atoms with Gasteiger partial charge in [0.25, 0.3) is 0 Å². The lowest BCUT2D eigenvalue weighted by molar-refractivity contribution is 0.0963. The van der Waals surface area contributed by atoms with E-state index in [4.69, 9.17) is 0 Å². The third-order valence-corrected chi connectivity index (χ3v) is 4.65. The highest BCUT2D eigenvalue weighted by atomic mass is 16.1. The lowest BCUT2D eigenvalue weighted by Gasteiger charge is -2.18. The summed E-state index contributed by atoms with van der Waals surface area (Å²) in [6, 6.07) is 20.2. The first-order valence-corrected chi connectivity index (χ1v) is 8.37. The van der Waals surface area contributed by atoms with Crippen LogP contribution in [0.2, 0.25) is 0 Å². The largest absolute Gasteiger partial charge is 0.294 e. The molecule has 0 radical (unpaired) electrons. The lowest BCUT2D eigenvalue weighted by atomic mass is 9.85. The molecule has 0 N–H and O–H groups in total. The van der Waals surface area contributed by atoms with Crippen molar-refractivity contribution >= 4 is 5.78 Å². The minimum Gasteiger partial charge on any atom is -0.294 e. The molecule has 0 heterocycles. The van der Waals surface area contributed by atoms with Crippen molar-refractivity contribution in [3.05, 3.63) is 83.4 Å². The van der Waals surface area contributed by atoms with E-state index >= 15 is 0 Å². The van der Waals surface area contributed by atoms with Crippen LogP contribution in [0.4, 0.5) is 0 Å². The van der Waals surface area contributed by atoms with Crippen LogP contribution >= 0.6 is 0 Å². The monoisotopic (exact) mass is 304 g/mol. The van der Waals surface area contributed by atoms with Crippen LogP contribution in [0.25, 0.3) is 0 Å². The maximum Gasteiger partial charge on any atom is 0.163 e. The zero-order valence-corrected chi connectivity index (χ0v) is 14.0. The molecular formula is C22H24O. The molecule has 1 nitrogen and oxygen atoms in total. The van der Waals surface area contributed by atoms with Crippen LogP contribution in [-0.2, 0) is 6.42 Å². The van der Waals surface area contributed by atoms with Gasteiger partial charge in [-0.3, -0.25) is 4.79 Å². The maximum atomic E-state index is 12.6. The minimum atomic E-state index is 0.186. The van der Waals surface area contributed by atoms with Gasteiger partial charge in [-0.15, -0.1) is 0 Å². The number of benzene rings is 2. The topological polar surface area (TPSA) is 17.1 Å². The molecule has 1 unspecified atom stereocenters. The first-order valence-electron chi connectivity index (χ1n) is 8.37. The average molecular weight is 304 g/mol. The molecule has 0 aromatic heterocycles. The molecule has 0 saturated heterocycles. The van der Waals surface area contributed by atoms with Gasteiger partial charge in [-0.05, 0) is 29.7 Å². The third kappa shape index (κ3) is 3.98. The van der Waals surface area contributed by atoms with Crippen LogP contribution in [0.1, 0.15) is 42.6 Å². The van der Waals surface area contributed by atoms with E-state index in [1.165, 1.54) is 11.1 Å². The molecule has 1 atom stereocenters. The van der Waals surface area contributed by atoms with Gasteiger partial charge in [-0.25, -0.2) is 0 Å².